The van der Waals surface area contributed by atoms with Gasteiger partial charge in [-0.15, -0.1) is 0 Å². The molecule has 4 rings (SSSR count). The quantitative estimate of drug-likeness (QED) is 0.733. The summed E-state index contributed by atoms with van der Waals surface area (Å²) in [7, 11) is 0. The fraction of sp³-hybridized carbons (Fsp3) is 0.273. The molecule has 2 heterocycles. The lowest BCUT2D eigenvalue weighted by molar-refractivity contribution is 0.284. The maximum atomic E-state index is 13.2. The van der Waals surface area contributed by atoms with E-state index in [1.807, 2.05) is 12.1 Å². The van der Waals surface area contributed by atoms with Crippen LogP contribution in [0, 0.1) is 5.82 Å². The van der Waals surface area contributed by atoms with Crippen molar-refractivity contribution in [3.05, 3.63) is 76.3 Å². The Labute approximate surface area is 163 Å². The molecule has 0 unspecified atom stereocenters. The summed E-state index contributed by atoms with van der Waals surface area (Å²) in [6.45, 7) is 5.18. The van der Waals surface area contributed by atoms with Crippen LogP contribution in [-0.2, 0) is 6.54 Å². The van der Waals surface area contributed by atoms with Crippen molar-refractivity contribution < 1.29 is 4.39 Å². The minimum absolute atomic E-state index is 0.231. The summed E-state index contributed by atoms with van der Waals surface area (Å²) in [5.41, 5.74) is 3.09. The van der Waals surface area contributed by atoms with Crippen molar-refractivity contribution in [3.63, 3.8) is 0 Å². The smallest absolute Gasteiger partial charge is 0.251 e. The van der Waals surface area contributed by atoms with Crippen molar-refractivity contribution in [1.29, 1.82) is 0 Å². The van der Waals surface area contributed by atoms with E-state index in [4.69, 9.17) is 0 Å². The Kier molecular flexibility index (Phi) is 5.60. The lowest BCUT2D eigenvalue weighted by Gasteiger charge is -2.19. The Morgan fingerprint density at radius 2 is 1.71 bits per heavy atom. The first-order valence-electron chi connectivity index (χ1n) is 9.57. The number of hydrogen-bond acceptors (Lipinski definition) is 4. The van der Waals surface area contributed by atoms with Crippen molar-refractivity contribution in [1.82, 2.24) is 20.2 Å². The summed E-state index contributed by atoms with van der Waals surface area (Å²) >= 11 is 0. The van der Waals surface area contributed by atoms with Crippen LogP contribution in [0.1, 0.15) is 12.0 Å². The first-order chi connectivity index (χ1) is 13.7. The first-order valence-corrected chi connectivity index (χ1v) is 9.57. The van der Waals surface area contributed by atoms with Gasteiger partial charge in [0, 0.05) is 36.8 Å². The van der Waals surface area contributed by atoms with E-state index >= 15 is 0 Å². The molecule has 1 fully saturated rings. The lowest BCUT2D eigenvalue weighted by Crippen LogP contribution is -2.27. The van der Waals surface area contributed by atoms with Gasteiger partial charge >= 0.3 is 0 Å². The molecule has 0 bridgehead atoms. The number of H-pyrrole nitrogens is 1. The molecule has 0 aliphatic carbocycles. The number of aromatic nitrogens is 2. The van der Waals surface area contributed by atoms with Gasteiger partial charge in [-0.25, -0.2) is 9.37 Å². The summed E-state index contributed by atoms with van der Waals surface area (Å²) in [5, 5.41) is 3.42. The highest BCUT2D eigenvalue weighted by molar-refractivity contribution is 5.63. The average Bonchev–Trinajstić information content (AvgIpc) is 2.97. The Hall–Kier alpha value is -2.83. The molecule has 144 valence electrons. The minimum Gasteiger partial charge on any atom is -0.315 e. The molecule has 5 nitrogen and oxygen atoms in total. The summed E-state index contributed by atoms with van der Waals surface area (Å²) < 4.78 is 13.2. The Bertz CT molecular complexity index is 975. The van der Waals surface area contributed by atoms with E-state index in [1.165, 1.54) is 30.2 Å². The van der Waals surface area contributed by atoms with Crippen LogP contribution in [0.4, 0.5) is 4.39 Å². The SMILES string of the molecule is O=c1cc(-c2ccc(F)cc2)nc(-c2ccc(CN3CCCNCC3)cc2)[nH]1. The molecule has 1 aliphatic heterocycles. The van der Waals surface area contributed by atoms with Gasteiger partial charge in [0.05, 0.1) is 5.69 Å². The number of benzene rings is 2. The third kappa shape index (κ3) is 4.52. The summed E-state index contributed by atoms with van der Waals surface area (Å²) in [6.07, 6.45) is 1.17. The highest BCUT2D eigenvalue weighted by Gasteiger charge is 2.10. The van der Waals surface area contributed by atoms with Gasteiger partial charge in [-0.2, -0.15) is 0 Å². The minimum atomic E-state index is -0.315. The van der Waals surface area contributed by atoms with Crippen molar-refractivity contribution in [2.75, 3.05) is 26.2 Å². The molecule has 6 heteroatoms. The molecule has 28 heavy (non-hydrogen) atoms. The van der Waals surface area contributed by atoms with Crippen LogP contribution in [0.25, 0.3) is 22.6 Å². The fourth-order valence-corrected chi connectivity index (χ4v) is 3.45. The Balaban J connectivity index is 1.55. The van der Waals surface area contributed by atoms with Crippen LogP contribution >= 0.6 is 0 Å². The molecule has 0 amide bonds. The molecule has 3 aromatic rings. The fourth-order valence-electron chi connectivity index (χ4n) is 3.45. The van der Waals surface area contributed by atoms with Crippen molar-refractivity contribution in [2.45, 2.75) is 13.0 Å². The maximum absolute atomic E-state index is 13.2. The third-order valence-corrected chi connectivity index (χ3v) is 4.95. The van der Waals surface area contributed by atoms with E-state index in [-0.39, 0.29) is 11.4 Å². The van der Waals surface area contributed by atoms with Crippen LogP contribution in [0.5, 0.6) is 0 Å². The van der Waals surface area contributed by atoms with Crippen LogP contribution in [-0.4, -0.2) is 41.0 Å². The predicted molar refractivity (Wildman–Crippen MR) is 108 cm³/mol. The van der Waals surface area contributed by atoms with E-state index in [0.717, 1.165) is 38.3 Å². The second-order valence-corrected chi connectivity index (χ2v) is 7.06. The molecule has 2 aromatic carbocycles. The molecule has 0 saturated carbocycles. The summed E-state index contributed by atoms with van der Waals surface area (Å²) in [4.78, 5) is 21.9. The molecule has 0 atom stereocenters. The van der Waals surface area contributed by atoms with E-state index in [0.29, 0.717) is 17.1 Å². The first kappa shape index (κ1) is 18.5. The summed E-state index contributed by atoms with van der Waals surface area (Å²) in [5.74, 6) is 0.196. The predicted octanol–water partition coefficient (Wildman–Crippen LogP) is 3.04. The van der Waals surface area contributed by atoms with Gasteiger partial charge < -0.3 is 10.3 Å². The Morgan fingerprint density at radius 3 is 2.50 bits per heavy atom. The molecule has 1 aliphatic rings. The van der Waals surface area contributed by atoms with E-state index < -0.39 is 0 Å². The second kappa shape index (κ2) is 8.46. The van der Waals surface area contributed by atoms with Gasteiger partial charge in [-0.1, -0.05) is 24.3 Å². The Morgan fingerprint density at radius 1 is 0.964 bits per heavy atom. The van der Waals surface area contributed by atoms with Crippen molar-refractivity contribution in [2.24, 2.45) is 0 Å². The monoisotopic (exact) mass is 378 g/mol. The van der Waals surface area contributed by atoms with E-state index in [2.05, 4.69) is 32.3 Å². The van der Waals surface area contributed by atoms with Gasteiger partial charge in [0.25, 0.3) is 5.56 Å². The number of nitrogens with zero attached hydrogens (tertiary/aromatic N) is 2. The van der Waals surface area contributed by atoms with Crippen LogP contribution < -0.4 is 10.9 Å². The molecule has 1 aromatic heterocycles. The molecule has 1 saturated heterocycles. The van der Waals surface area contributed by atoms with Crippen LogP contribution in [0.2, 0.25) is 0 Å². The number of aromatic amines is 1. The third-order valence-electron chi connectivity index (χ3n) is 4.95. The van der Waals surface area contributed by atoms with Gasteiger partial charge in [-0.3, -0.25) is 9.69 Å². The molecular weight excluding hydrogens is 355 g/mol. The summed E-state index contributed by atoms with van der Waals surface area (Å²) in [6, 6.07) is 15.5. The zero-order valence-corrected chi connectivity index (χ0v) is 15.6. The van der Waals surface area contributed by atoms with Gasteiger partial charge in [0.2, 0.25) is 0 Å². The zero-order valence-electron chi connectivity index (χ0n) is 15.6. The van der Waals surface area contributed by atoms with Crippen molar-refractivity contribution in [3.8, 4) is 22.6 Å². The van der Waals surface area contributed by atoms with Gasteiger partial charge in [0.1, 0.15) is 11.6 Å². The van der Waals surface area contributed by atoms with Gasteiger partial charge in [-0.05, 0) is 49.3 Å². The highest BCUT2D eigenvalue weighted by Crippen LogP contribution is 2.20. The second-order valence-electron chi connectivity index (χ2n) is 7.06. The standard InChI is InChI=1S/C22H23FN4O/c23-19-8-6-17(7-9-19)20-14-21(28)26-22(25-20)18-4-2-16(3-5-18)15-27-12-1-10-24-11-13-27/h2-9,14,24H,1,10-13,15H2,(H,25,26,28). The van der Waals surface area contributed by atoms with Crippen LogP contribution in [0.15, 0.2) is 59.4 Å². The largest absolute Gasteiger partial charge is 0.315 e. The lowest BCUT2D eigenvalue weighted by atomic mass is 10.1. The number of hydrogen-bond donors (Lipinski definition) is 2. The van der Waals surface area contributed by atoms with Crippen LogP contribution in [0.3, 0.4) is 0 Å². The maximum Gasteiger partial charge on any atom is 0.251 e. The molecule has 2 N–H and O–H groups in total. The van der Waals surface area contributed by atoms with E-state index in [9.17, 15) is 9.18 Å². The highest BCUT2D eigenvalue weighted by atomic mass is 19.1. The van der Waals surface area contributed by atoms with Crippen molar-refractivity contribution >= 4 is 0 Å². The van der Waals surface area contributed by atoms with Gasteiger partial charge in [0.15, 0.2) is 0 Å². The molecule has 0 radical (unpaired) electrons. The number of halogens is 1. The van der Waals surface area contributed by atoms with E-state index in [1.54, 1.807) is 12.1 Å². The number of rotatable bonds is 4. The average molecular weight is 378 g/mol. The number of nitrogens with one attached hydrogen (secondary N) is 2. The molecular formula is C22H23FN4O. The zero-order chi connectivity index (χ0) is 19.3. The molecule has 0 spiro atoms. The topological polar surface area (TPSA) is 61.0 Å². The normalized spacial score (nSPS) is 15.3.